The van der Waals surface area contributed by atoms with Crippen LogP contribution in [0.3, 0.4) is 0 Å². The van der Waals surface area contributed by atoms with Crippen LogP contribution in [0.5, 0.6) is 0 Å². The Balaban J connectivity index is 1.32. The number of hydrogen-bond donors (Lipinski definition) is 5. The summed E-state index contributed by atoms with van der Waals surface area (Å²) in [6.07, 6.45) is 2.74. The monoisotopic (exact) mass is 616 g/mol. The van der Waals surface area contributed by atoms with Crippen molar-refractivity contribution < 1.29 is 29.4 Å². The lowest BCUT2D eigenvalue weighted by atomic mass is 9.98. The largest absolute Gasteiger partial charge is 0.480 e. The van der Waals surface area contributed by atoms with E-state index in [1.54, 1.807) is 25.1 Å². The molecular formula is C31H32N6O6S. The zero-order valence-electron chi connectivity index (χ0n) is 24.3. The molecule has 1 aliphatic carbocycles. The number of hydrogen-bond acceptors (Lipinski definition) is 8. The number of fused-ring (bicyclic) bond motifs is 2. The Kier molecular flexibility index (Phi) is 8.97. The summed E-state index contributed by atoms with van der Waals surface area (Å²) in [5.74, 6) is -3.00. The first-order chi connectivity index (χ1) is 21.0. The second-order valence-corrected chi connectivity index (χ2v) is 11.8. The smallest absolute Gasteiger partial charge is 0.335 e. The fraction of sp³-hybridized carbons (Fsp3) is 0.290. The van der Waals surface area contributed by atoms with Crippen LogP contribution in [0.25, 0.3) is 5.65 Å². The predicted octanol–water partition coefficient (Wildman–Crippen LogP) is 3.79. The Labute approximate surface area is 257 Å². The molecule has 1 aliphatic rings. The predicted molar refractivity (Wildman–Crippen MR) is 163 cm³/mol. The fourth-order valence-electron chi connectivity index (χ4n) is 5.30. The van der Waals surface area contributed by atoms with E-state index < -0.39 is 29.8 Å². The van der Waals surface area contributed by atoms with Crippen molar-refractivity contribution in [2.75, 3.05) is 0 Å². The highest BCUT2D eigenvalue weighted by Crippen LogP contribution is 2.35. The summed E-state index contributed by atoms with van der Waals surface area (Å²) in [6.45, 7) is 5.57. The molecule has 4 aromatic rings. The van der Waals surface area contributed by atoms with Crippen LogP contribution >= 0.6 is 11.9 Å². The van der Waals surface area contributed by atoms with Crippen LogP contribution in [-0.2, 0) is 17.8 Å². The number of carboxylic acids is 2. The summed E-state index contributed by atoms with van der Waals surface area (Å²) in [5, 5.41) is 29.0. The van der Waals surface area contributed by atoms with Crippen LogP contribution in [0.2, 0.25) is 0 Å². The minimum Gasteiger partial charge on any atom is -0.480 e. The van der Waals surface area contributed by atoms with E-state index in [0.717, 1.165) is 21.6 Å². The number of rotatable bonds is 11. The van der Waals surface area contributed by atoms with Gasteiger partial charge in [-0.05, 0) is 72.0 Å². The SMILES string of the molecule is Cc1c(C(=O)O)ccc2c1CC[C@@H]2NC(=O)c1cc(C(=O)NCc2ccccc2SN[C@@H](C(=O)O)C(C)C)nc2ccnn12. The maximum absolute atomic E-state index is 13.5. The number of carboxylic acid groups (broad SMARTS) is 2. The maximum Gasteiger partial charge on any atom is 0.335 e. The molecule has 44 heavy (non-hydrogen) atoms. The van der Waals surface area contributed by atoms with E-state index in [9.17, 15) is 29.4 Å². The number of amides is 2. The van der Waals surface area contributed by atoms with E-state index >= 15 is 0 Å². The standard InChI is InChI=1S/C31H32N6O6S/c1-16(2)27(31(42)43)36-44-25-7-5-4-6-18(25)15-32-28(38)23-14-24(37-26(34-23)12-13-33-37)29(39)35-22-11-10-19-17(3)20(30(40)41)8-9-21(19)22/h4-9,12-14,16,22,27,36H,10-11,15H2,1-3H3,(H,32,38)(H,35,39)(H,40,41)(H,42,43)/t22-,27+/m0/s1. The third-order valence-corrected chi connectivity index (χ3v) is 8.68. The molecule has 0 saturated carbocycles. The average molecular weight is 617 g/mol. The van der Waals surface area contributed by atoms with Crippen molar-refractivity contribution in [3.05, 3.63) is 93.9 Å². The maximum atomic E-state index is 13.5. The van der Waals surface area contributed by atoms with Crippen molar-refractivity contribution in [3.63, 3.8) is 0 Å². The van der Waals surface area contributed by atoms with Gasteiger partial charge in [0.25, 0.3) is 11.8 Å². The molecule has 0 aliphatic heterocycles. The Morgan fingerprint density at radius 3 is 2.57 bits per heavy atom. The van der Waals surface area contributed by atoms with Crippen LogP contribution in [-0.4, -0.2) is 54.6 Å². The van der Waals surface area contributed by atoms with Gasteiger partial charge in [-0.2, -0.15) is 5.10 Å². The molecule has 5 rings (SSSR count). The first kappa shape index (κ1) is 30.7. The molecule has 0 bridgehead atoms. The highest BCUT2D eigenvalue weighted by Gasteiger charge is 2.29. The minimum atomic E-state index is -0.988. The third kappa shape index (κ3) is 6.29. The number of aromatic carboxylic acids is 1. The first-order valence-electron chi connectivity index (χ1n) is 14.1. The van der Waals surface area contributed by atoms with E-state index in [-0.39, 0.29) is 35.5 Å². The summed E-state index contributed by atoms with van der Waals surface area (Å²) >= 11 is 1.19. The van der Waals surface area contributed by atoms with Crippen molar-refractivity contribution in [1.29, 1.82) is 0 Å². The number of nitrogens with one attached hydrogen (secondary N) is 3. The molecule has 0 radical (unpaired) electrons. The Bertz CT molecular complexity index is 1770. The van der Waals surface area contributed by atoms with E-state index in [2.05, 4.69) is 25.4 Å². The number of carbonyl (C=O) groups is 4. The van der Waals surface area contributed by atoms with Gasteiger partial charge in [0.1, 0.15) is 17.4 Å². The normalized spacial score (nSPS) is 14.8. The van der Waals surface area contributed by atoms with Crippen LogP contribution in [0.15, 0.2) is 59.6 Å². The molecule has 2 atom stereocenters. The second kappa shape index (κ2) is 12.9. The highest BCUT2D eigenvalue weighted by atomic mass is 32.2. The van der Waals surface area contributed by atoms with E-state index in [1.807, 2.05) is 38.1 Å². The fourth-order valence-corrected chi connectivity index (χ4v) is 6.34. The summed E-state index contributed by atoms with van der Waals surface area (Å²) in [4.78, 5) is 55.1. The highest BCUT2D eigenvalue weighted by molar-refractivity contribution is 7.97. The van der Waals surface area contributed by atoms with Gasteiger partial charge < -0.3 is 20.8 Å². The summed E-state index contributed by atoms with van der Waals surface area (Å²) < 4.78 is 4.36. The Morgan fingerprint density at radius 1 is 1.07 bits per heavy atom. The van der Waals surface area contributed by atoms with E-state index in [0.29, 0.717) is 24.1 Å². The van der Waals surface area contributed by atoms with Crippen molar-refractivity contribution in [1.82, 2.24) is 30.0 Å². The first-order valence-corrected chi connectivity index (χ1v) is 14.9. The summed E-state index contributed by atoms with van der Waals surface area (Å²) in [7, 11) is 0. The van der Waals surface area contributed by atoms with E-state index in [1.165, 1.54) is 28.7 Å². The van der Waals surface area contributed by atoms with Crippen molar-refractivity contribution in [2.24, 2.45) is 5.92 Å². The average Bonchev–Trinajstić information content (AvgIpc) is 3.63. The quantitative estimate of drug-likeness (QED) is 0.156. The zero-order valence-corrected chi connectivity index (χ0v) is 25.1. The number of benzene rings is 2. The number of carbonyl (C=O) groups excluding carboxylic acids is 2. The van der Waals surface area contributed by atoms with Crippen molar-refractivity contribution in [3.8, 4) is 0 Å². The third-order valence-electron chi connectivity index (χ3n) is 7.69. The molecule has 0 spiro atoms. The second-order valence-electron chi connectivity index (χ2n) is 10.9. The van der Waals surface area contributed by atoms with Crippen LogP contribution < -0.4 is 15.4 Å². The van der Waals surface area contributed by atoms with Crippen molar-refractivity contribution >= 4 is 41.3 Å². The van der Waals surface area contributed by atoms with Crippen molar-refractivity contribution in [2.45, 2.75) is 57.1 Å². The van der Waals surface area contributed by atoms with Gasteiger partial charge in [0.05, 0.1) is 17.8 Å². The van der Waals surface area contributed by atoms with Crippen LogP contribution in [0.1, 0.15) is 79.9 Å². The van der Waals surface area contributed by atoms with Gasteiger partial charge in [-0.25, -0.2) is 19.0 Å². The molecule has 2 aromatic heterocycles. The van der Waals surface area contributed by atoms with Gasteiger partial charge in [-0.3, -0.25) is 14.4 Å². The number of nitrogens with zero attached hydrogens (tertiary/aromatic N) is 3. The zero-order chi connectivity index (χ0) is 31.5. The van der Waals surface area contributed by atoms with Crippen LogP contribution in [0, 0.1) is 12.8 Å². The van der Waals surface area contributed by atoms with Gasteiger partial charge >= 0.3 is 11.9 Å². The number of aromatic nitrogens is 3. The molecule has 0 unspecified atom stereocenters. The lowest BCUT2D eigenvalue weighted by Crippen LogP contribution is -2.37. The van der Waals surface area contributed by atoms with Gasteiger partial charge in [0.15, 0.2) is 5.65 Å². The lowest BCUT2D eigenvalue weighted by molar-refractivity contribution is -0.139. The molecular weight excluding hydrogens is 584 g/mol. The number of aliphatic carboxylic acids is 1. The Hall–Kier alpha value is -4.75. The van der Waals surface area contributed by atoms with Gasteiger partial charge in [0.2, 0.25) is 0 Å². The molecule has 2 aromatic carbocycles. The lowest BCUT2D eigenvalue weighted by Gasteiger charge is -2.18. The van der Waals surface area contributed by atoms with E-state index in [4.69, 9.17) is 0 Å². The summed E-state index contributed by atoms with van der Waals surface area (Å²) in [5.41, 5.74) is 4.00. The Morgan fingerprint density at radius 2 is 1.84 bits per heavy atom. The van der Waals surface area contributed by atoms with Gasteiger partial charge in [-0.15, -0.1) is 0 Å². The van der Waals surface area contributed by atoms with Gasteiger partial charge in [0, 0.05) is 23.6 Å². The minimum absolute atomic E-state index is 0.0333. The molecule has 13 heteroatoms. The summed E-state index contributed by atoms with van der Waals surface area (Å²) in [6, 6.07) is 12.5. The molecule has 12 nitrogen and oxygen atoms in total. The molecule has 228 valence electrons. The van der Waals surface area contributed by atoms with Gasteiger partial charge in [-0.1, -0.05) is 38.1 Å². The molecule has 0 fully saturated rings. The molecule has 2 amide bonds. The molecule has 0 saturated heterocycles. The molecule has 5 N–H and O–H groups in total. The topological polar surface area (TPSA) is 175 Å². The van der Waals surface area contributed by atoms with Crippen LogP contribution in [0.4, 0.5) is 0 Å². The molecule has 2 heterocycles.